The van der Waals surface area contributed by atoms with Gasteiger partial charge in [0.25, 0.3) is 0 Å². The Kier molecular flexibility index (Phi) is 2.79. The van der Waals surface area contributed by atoms with Crippen LogP contribution in [0.3, 0.4) is 0 Å². The van der Waals surface area contributed by atoms with Crippen molar-refractivity contribution in [3.05, 3.63) is 17.0 Å². The van der Waals surface area contributed by atoms with E-state index in [2.05, 4.69) is 10.2 Å². The summed E-state index contributed by atoms with van der Waals surface area (Å²) in [6.07, 6.45) is 0.523. The number of fused-ring (bicyclic) bond motifs is 1. The summed E-state index contributed by atoms with van der Waals surface area (Å²) in [7, 11) is -2.96. The zero-order valence-corrected chi connectivity index (χ0v) is 10.3. The van der Waals surface area contributed by atoms with Gasteiger partial charge in [0.2, 0.25) is 0 Å². The maximum atomic E-state index is 11.6. The van der Waals surface area contributed by atoms with E-state index in [1.807, 2.05) is 13.8 Å². The van der Waals surface area contributed by atoms with Crippen LogP contribution in [0, 0.1) is 5.92 Å². The quantitative estimate of drug-likeness (QED) is 0.793. The third kappa shape index (κ3) is 1.99. The number of hydrogen-bond donors (Lipinski definition) is 2. The molecule has 3 N–H and O–H groups in total. The first-order chi connectivity index (χ1) is 7.41. The van der Waals surface area contributed by atoms with E-state index in [1.165, 1.54) is 0 Å². The van der Waals surface area contributed by atoms with Gasteiger partial charge in [0.1, 0.15) is 0 Å². The van der Waals surface area contributed by atoms with Crippen LogP contribution in [-0.4, -0.2) is 24.4 Å². The van der Waals surface area contributed by atoms with E-state index in [1.54, 1.807) is 0 Å². The maximum absolute atomic E-state index is 11.6. The van der Waals surface area contributed by atoms with Crippen molar-refractivity contribution in [1.29, 1.82) is 0 Å². The van der Waals surface area contributed by atoms with Crippen LogP contribution in [0.2, 0.25) is 0 Å². The largest absolute Gasteiger partial charge is 0.322 e. The molecule has 0 saturated carbocycles. The molecule has 6 heteroatoms. The van der Waals surface area contributed by atoms with Crippen LogP contribution < -0.4 is 5.73 Å². The van der Waals surface area contributed by atoms with Gasteiger partial charge in [-0.3, -0.25) is 5.10 Å². The van der Waals surface area contributed by atoms with Gasteiger partial charge in [-0.15, -0.1) is 0 Å². The highest BCUT2D eigenvalue weighted by Gasteiger charge is 2.29. The molecule has 2 rings (SSSR count). The number of H-pyrrole nitrogens is 1. The number of nitrogens with one attached hydrogen (secondary N) is 1. The first-order valence-electron chi connectivity index (χ1n) is 5.43. The monoisotopic (exact) mass is 243 g/mol. The molecule has 0 radical (unpaired) electrons. The molecule has 0 amide bonds. The van der Waals surface area contributed by atoms with Crippen molar-refractivity contribution in [2.24, 2.45) is 11.7 Å². The first kappa shape index (κ1) is 11.6. The number of rotatable bonds is 2. The maximum Gasteiger partial charge on any atom is 0.154 e. The first-order valence-corrected chi connectivity index (χ1v) is 7.25. The van der Waals surface area contributed by atoms with Gasteiger partial charge in [-0.05, 0) is 5.92 Å². The summed E-state index contributed by atoms with van der Waals surface area (Å²) < 4.78 is 23.1. The lowest BCUT2D eigenvalue weighted by Gasteiger charge is -2.17. The molecule has 1 aliphatic rings. The predicted octanol–water partition coefficient (Wildman–Crippen LogP) is 0.536. The van der Waals surface area contributed by atoms with Gasteiger partial charge in [-0.25, -0.2) is 8.42 Å². The van der Waals surface area contributed by atoms with E-state index in [0.29, 0.717) is 12.1 Å². The third-order valence-electron chi connectivity index (χ3n) is 3.05. The summed E-state index contributed by atoms with van der Waals surface area (Å²) in [4.78, 5) is 0. The lowest BCUT2D eigenvalue weighted by Crippen LogP contribution is -2.23. The fraction of sp³-hybridized carbons (Fsp3) is 0.700. The summed E-state index contributed by atoms with van der Waals surface area (Å²) in [5, 5.41) is 7.08. The minimum Gasteiger partial charge on any atom is -0.322 e. The highest BCUT2D eigenvalue weighted by atomic mass is 32.2. The molecule has 0 bridgehead atoms. The van der Waals surface area contributed by atoms with Crippen molar-refractivity contribution < 1.29 is 8.42 Å². The zero-order valence-electron chi connectivity index (χ0n) is 9.53. The van der Waals surface area contributed by atoms with E-state index in [4.69, 9.17) is 5.73 Å². The van der Waals surface area contributed by atoms with Gasteiger partial charge >= 0.3 is 0 Å². The smallest absolute Gasteiger partial charge is 0.154 e. The van der Waals surface area contributed by atoms with E-state index in [9.17, 15) is 8.42 Å². The topological polar surface area (TPSA) is 88.8 Å². The van der Waals surface area contributed by atoms with Crippen molar-refractivity contribution >= 4 is 9.84 Å². The lowest BCUT2D eigenvalue weighted by molar-refractivity contribution is 0.499. The molecular weight excluding hydrogens is 226 g/mol. The van der Waals surface area contributed by atoms with Crippen molar-refractivity contribution in [3.63, 3.8) is 0 Å². The van der Waals surface area contributed by atoms with E-state index in [0.717, 1.165) is 11.3 Å². The molecule has 0 aromatic carbocycles. The molecular formula is C10H17N3O2S. The SMILES string of the molecule is CC(C)C(N)c1n[nH]c2c1CS(=O)(=O)CC2. The normalized spacial score (nSPS) is 20.8. The van der Waals surface area contributed by atoms with Gasteiger partial charge in [-0.2, -0.15) is 5.10 Å². The second-order valence-electron chi connectivity index (χ2n) is 4.68. The van der Waals surface area contributed by atoms with Crippen LogP contribution >= 0.6 is 0 Å². The molecule has 90 valence electrons. The van der Waals surface area contributed by atoms with Crippen molar-refractivity contribution in [1.82, 2.24) is 10.2 Å². The molecule has 1 aliphatic heterocycles. The third-order valence-corrected chi connectivity index (χ3v) is 4.60. The van der Waals surface area contributed by atoms with Crippen LogP contribution in [-0.2, 0) is 22.0 Å². The Hall–Kier alpha value is -0.880. The molecule has 2 heterocycles. The Labute approximate surface area is 95.3 Å². The summed E-state index contributed by atoms with van der Waals surface area (Å²) >= 11 is 0. The van der Waals surface area contributed by atoms with Gasteiger partial charge in [-0.1, -0.05) is 13.8 Å². The molecule has 1 atom stereocenters. The van der Waals surface area contributed by atoms with Crippen LogP contribution in [0.1, 0.15) is 36.8 Å². The summed E-state index contributed by atoms with van der Waals surface area (Å²) in [5.41, 5.74) is 8.46. The fourth-order valence-electron chi connectivity index (χ4n) is 1.93. The fourth-order valence-corrected chi connectivity index (χ4v) is 3.35. The molecule has 1 aromatic rings. The number of aromatic nitrogens is 2. The average molecular weight is 243 g/mol. The minimum atomic E-state index is -2.96. The Morgan fingerprint density at radius 2 is 2.12 bits per heavy atom. The summed E-state index contributed by atoms with van der Waals surface area (Å²) in [5.74, 6) is 0.532. The van der Waals surface area contributed by atoms with Gasteiger partial charge in [0.05, 0.1) is 23.2 Å². The van der Waals surface area contributed by atoms with E-state index in [-0.39, 0.29) is 23.5 Å². The molecule has 0 saturated heterocycles. The van der Waals surface area contributed by atoms with E-state index < -0.39 is 9.84 Å². The van der Waals surface area contributed by atoms with Crippen LogP contribution in [0.25, 0.3) is 0 Å². The van der Waals surface area contributed by atoms with Gasteiger partial charge in [0, 0.05) is 17.7 Å². The Morgan fingerprint density at radius 1 is 1.44 bits per heavy atom. The zero-order chi connectivity index (χ0) is 11.9. The second-order valence-corrected chi connectivity index (χ2v) is 6.86. The molecule has 0 spiro atoms. The Balaban J connectivity index is 2.41. The molecule has 0 fully saturated rings. The Bertz CT molecular complexity index is 490. The van der Waals surface area contributed by atoms with Crippen LogP contribution in [0.4, 0.5) is 0 Å². The van der Waals surface area contributed by atoms with Crippen molar-refractivity contribution in [3.8, 4) is 0 Å². The van der Waals surface area contributed by atoms with Gasteiger partial charge in [0.15, 0.2) is 9.84 Å². The highest BCUT2D eigenvalue weighted by Crippen LogP contribution is 2.27. The number of sulfone groups is 1. The minimum absolute atomic E-state index is 0.0780. The standard InChI is InChI=1S/C10H17N3O2S/c1-6(2)9(11)10-7-5-16(14,15)4-3-8(7)12-13-10/h6,9H,3-5,11H2,1-2H3,(H,12,13). The van der Waals surface area contributed by atoms with E-state index >= 15 is 0 Å². The number of hydrogen-bond acceptors (Lipinski definition) is 4. The average Bonchev–Trinajstić information content (AvgIpc) is 2.57. The molecule has 1 aromatic heterocycles. The van der Waals surface area contributed by atoms with Crippen molar-refractivity contribution in [2.45, 2.75) is 32.1 Å². The lowest BCUT2D eigenvalue weighted by atomic mass is 9.98. The number of nitrogens with zero attached hydrogens (tertiary/aromatic N) is 1. The van der Waals surface area contributed by atoms with Crippen LogP contribution in [0.5, 0.6) is 0 Å². The molecule has 1 unspecified atom stereocenters. The highest BCUT2D eigenvalue weighted by molar-refractivity contribution is 7.90. The number of nitrogens with two attached hydrogens (primary N) is 1. The Morgan fingerprint density at radius 3 is 2.75 bits per heavy atom. The number of aryl methyl sites for hydroxylation is 1. The van der Waals surface area contributed by atoms with Gasteiger partial charge < -0.3 is 5.73 Å². The van der Waals surface area contributed by atoms with Crippen LogP contribution in [0.15, 0.2) is 0 Å². The summed E-state index contributed by atoms with van der Waals surface area (Å²) in [6.45, 7) is 4.01. The predicted molar refractivity (Wildman–Crippen MR) is 61.5 cm³/mol. The number of aromatic amines is 1. The molecule has 16 heavy (non-hydrogen) atoms. The molecule has 5 nitrogen and oxygen atoms in total. The molecule has 0 aliphatic carbocycles. The second kappa shape index (κ2) is 3.85. The van der Waals surface area contributed by atoms with Crippen molar-refractivity contribution in [2.75, 3.05) is 5.75 Å². The summed E-state index contributed by atoms with van der Waals surface area (Å²) in [6, 6.07) is -0.201.